The molecule has 1 unspecified atom stereocenters. The zero-order chi connectivity index (χ0) is 12.3. The van der Waals surface area contributed by atoms with Gasteiger partial charge in [0.05, 0.1) is 17.4 Å². The van der Waals surface area contributed by atoms with Gasteiger partial charge in [-0.15, -0.1) is 0 Å². The number of hydrogen-bond donors (Lipinski definition) is 1. The van der Waals surface area contributed by atoms with E-state index < -0.39 is 0 Å². The van der Waals surface area contributed by atoms with Gasteiger partial charge < -0.3 is 5.32 Å². The number of likely N-dealkylation sites (N-methyl/N-ethyl adjacent to an activating group) is 1. The summed E-state index contributed by atoms with van der Waals surface area (Å²) in [5.41, 5.74) is 3.95. The van der Waals surface area contributed by atoms with Gasteiger partial charge in [0.1, 0.15) is 0 Å². The van der Waals surface area contributed by atoms with E-state index in [9.17, 15) is 0 Å². The molecule has 3 nitrogen and oxygen atoms in total. The molecule has 0 amide bonds. The Morgan fingerprint density at radius 1 is 1.47 bits per heavy atom. The number of nitrogens with zero attached hydrogens (tertiary/aromatic N) is 2. The molecule has 0 aliphatic heterocycles. The summed E-state index contributed by atoms with van der Waals surface area (Å²) < 4.78 is 2.12. The van der Waals surface area contributed by atoms with Crippen LogP contribution in [0.5, 0.6) is 0 Å². The monoisotopic (exact) mass is 233 g/mol. The van der Waals surface area contributed by atoms with E-state index in [0.29, 0.717) is 6.04 Å². The zero-order valence-corrected chi connectivity index (χ0v) is 11.2. The van der Waals surface area contributed by atoms with Gasteiger partial charge in [-0.3, -0.25) is 4.68 Å². The highest BCUT2D eigenvalue weighted by Crippen LogP contribution is 2.29. The standard InChI is InChI=1S/C14H23N3/c1-4-17-13(10-11(2)16-17)14(15-3)12-8-6-5-7-9-12/h8,10,14-15H,4-7,9H2,1-3H3. The SMILES string of the molecule is CCn1nc(C)cc1C(NC)C1=CCCCC1. The minimum atomic E-state index is 0.344. The second kappa shape index (κ2) is 5.50. The topological polar surface area (TPSA) is 29.9 Å². The third kappa shape index (κ3) is 2.60. The third-order valence-electron chi connectivity index (χ3n) is 3.51. The Morgan fingerprint density at radius 3 is 2.88 bits per heavy atom. The van der Waals surface area contributed by atoms with E-state index >= 15 is 0 Å². The molecule has 0 bridgehead atoms. The van der Waals surface area contributed by atoms with Crippen molar-refractivity contribution in [3.05, 3.63) is 29.1 Å². The minimum Gasteiger partial charge on any atom is -0.308 e. The van der Waals surface area contributed by atoms with Crippen LogP contribution >= 0.6 is 0 Å². The third-order valence-corrected chi connectivity index (χ3v) is 3.51. The number of aryl methyl sites for hydroxylation is 2. The van der Waals surface area contributed by atoms with Gasteiger partial charge in [0.25, 0.3) is 0 Å². The van der Waals surface area contributed by atoms with E-state index in [-0.39, 0.29) is 0 Å². The predicted octanol–water partition coefficient (Wildman–Crippen LogP) is 2.97. The Hall–Kier alpha value is -1.09. The Balaban J connectivity index is 2.30. The molecule has 0 aromatic carbocycles. The van der Waals surface area contributed by atoms with Crippen molar-refractivity contribution in [2.24, 2.45) is 0 Å². The maximum Gasteiger partial charge on any atom is 0.0705 e. The summed E-state index contributed by atoms with van der Waals surface area (Å²) in [5.74, 6) is 0. The summed E-state index contributed by atoms with van der Waals surface area (Å²) in [6.07, 6.45) is 7.52. The molecule has 1 aliphatic carbocycles. The molecule has 0 saturated carbocycles. The lowest BCUT2D eigenvalue weighted by molar-refractivity contribution is 0.529. The summed E-state index contributed by atoms with van der Waals surface area (Å²) in [6, 6.07) is 2.55. The molecule has 1 heterocycles. The van der Waals surface area contributed by atoms with Crippen LogP contribution in [-0.2, 0) is 6.54 Å². The second-order valence-electron chi connectivity index (χ2n) is 4.77. The average Bonchev–Trinajstić information content (AvgIpc) is 2.73. The molecule has 1 aromatic rings. The van der Waals surface area contributed by atoms with Crippen molar-refractivity contribution in [2.75, 3.05) is 7.05 Å². The molecule has 17 heavy (non-hydrogen) atoms. The lowest BCUT2D eigenvalue weighted by Crippen LogP contribution is -2.23. The van der Waals surface area contributed by atoms with Gasteiger partial charge in [0, 0.05) is 6.54 Å². The van der Waals surface area contributed by atoms with Crippen molar-refractivity contribution in [1.82, 2.24) is 15.1 Å². The first kappa shape index (κ1) is 12.4. The summed E-state index contributed by atoms with van der Waals surface area (Å²) in [5, 5.41) is 7.99. The van der Waals surface area contributed by atoms with E-state index in [1.54, 1.807) is 0 Å². The Bertz CT molecular complexity index is 404. The van der Waals surface area contributed by atoms with Crippen LogP contribution in [0.2, 0.25) is 0 Å². The fourth-order valence-corrected chi connectivity index (χ4v) is 2.70. The van der Waals surface area contributed by atoms with E-state index in [2.05, 4.69) is 41.1 Å². The molecular weight excluding hydrogens is 210 g/mol. The largest absolute Gasteiger partial charge is 0.308 e. The lowest BCUT2D eigenvalue weighted by Gasteiger charge is -2.23. The van der Waals surface area contributed by atoms with Crippen LogP contribution in [0.3, 0.4) is 0 Å². The molecule has 1 N–H and O–H groups in total. The van der Waals surface area contributed by atoms with Gasteiger partial charge in [-0.2, -0.15) is 5.10 Å². The van der Waals surface area contributed by atoms with Crippen LogP contribution < -0.4 is 5.32 Å². The average molecular weight is 233 g/mol. The maximum absolute atomic E-state index is 4.54. The molecule has 1 aliphatic rings. The number of aromatic nitrogens is 2. The highest BCUT2D eigenvalue weighted by atomic mass is 15.3. The lowest BCUT2D eigenvalue weighted by atomic mass is 9.92. The van der Waals surface area contributed by atoms with Crippen LogP contribution in [0.25, 0.3) is 0 Å². The second-order valence-corrected chi connectivity index (χ2v) is 4.77. The summed E-state index contributed by atoms with van der Waals surface area (Å²) in [4.78, 5) is 0. The number of hydrogen-bond acceptors (Lipinski definition) is 2. The van der Waals surface area contributed by atoms with E-state index in [1.807, 2.05) is 7.05 Å². The first-order valence-electron chi connectivity index (χ1n) is 6.66. The Labute approximate surface area is 104 Å². The van der Waals surface area contributed by atoms with Gasteiger partial charge in [-0.25, -0.2) is 0 Å². The molecule has 0 saturated heterocycles. The molecule has 0 radical (unpaired) electrons. The van der Waals surface area contributed by atoms with Crippen molar-refractivity contribution in [2.45, 2.75) is 52.1 Å². The first-order valence-corrected chi connectivity index (χ1v) is 6.66. The van der Waals surface area contributed by atoms with E-state index in [1.165, 1.54) is 37.0 Å². The fraction of sp³-hybridized carbons (Fsp3) is 0.643. The van der Waals surface area contributed by atoms with Gasteiger partial charge in [-0.1, -0.05) is 11.6 Å². The van der Waals surface area contributed by atoms with Crippen molar-refractivity contribution in [3.8, 4) is 0 Å². The van der Waals surface area contributed by atoms with Crippen LogP contribution in [0, 0.1) is 6.92 Å². The van der Waals surface area contributed by atoms with Crippen molar-refractivity contribution in [1.29, 1.82) is 0 Å². The molecule has 1 aromatic heterocycles. The van der Waals surface area contributed by atoms with Crippen LogP contribution in [-0.4, -0.2) is 16.8 Å². The van der Waals surface area contributed by atoms with Gasteiger partial charge in [-0.05, 0) is 52.6 Å². The predicted molar refractivity (Wildman–Crippen MR) is 71.0 cm³/mol. The molecule has 2 rings (SSSR count). The normalized spacial score (nSPS) is 17.9. The first-order chi connectivity index (χ1) is 8.26. The maximum atomic E-state index is 4.54. The smallest absolute Gasteiger partial charge is 0.0705 e. The summed E-state index contributed by atoms with van der Waals surface area (Å²) >= 11 is 0. The molecule has 3 heteroatoms. The number of allylic oxidation sites excluding steroid dienone is 1. The highest BCUT2D eigenvalue weighted by molar-refractivity contribution is 5.25. The van der Waals surface area contributed by atoms with Gasteiger partial charge >= 0.3 is 0 Å². The van der Waals surface area contributed by atoms with E-state index in [0.717, 1.165) is 12.2 Å². The molecule has 1 atom stereocenters. The zero-order valence-electron chi connectivity index (χ0n) is 11.2. The Morgan fingerprint density at radius 2 is 2.29 bits per heavy atom. The Kier molecular flexibility index (Phi) is 4.00. The van der Waals surface area contributed by atoms with Crippen molar-refractivity contribution < 1.29 is 0 Å². The fourth-order valence-electron chi connectivity index (χ4n) is 2.70. The summed E-state index contributed by atoms with van der Waals surface area (Å²) in [6.45, 7) is 5.16. The van der Waals surface area contributed by atoms with Crippen molar-refractivity contribution >= 4 is 0 Å². The number of rotatable bonds is 4. The van der Waals surface area contributed by atoms with E-state index in [4.69, 9.17) is 0 Å². The minimum absolute atomic E-state index is 0.344. The highest BCUT2D eigenvalue weighted by Gasteiger charge is 2.20. The summed E-state index contributed by atoms with van der Waals surface area (Å²) in [7, 11) is 2.04. The quantitative estimate of drug-likeness (QED) is 0.810. The van der Waals surface area contributed by atoms with Crippen LogP contribution in [0.15, 0.2) is 17.7 Å². The van der Waals surface area contributed by atoms with Crippen LogP contribution in [0.4, 0.5) is 0 Å². The molecule has 94 valence electrons. The number of nitrogens with one attached hydrogen (secondary N) is 1. The van der Waals surface area contributed by atoms with Crippen molar-refractivity contribution in [3.63, 3.8) is 0 Å². The van der Waals surface area contributed by atoms with Gasteiger partial charge in [0.2, 0.25) is 0 Å². The molecule has 0 spiro atoms. The van der Waals surface area contributed by atoms with Crippen LogP contribution in [0.1, 0.15) is 50.0 Å². The molecular formula is C14H23N3. The van der Waals surface area contributed by atoms with Gasteiger partial charge in [0.15, 0.2) is 0 Å². The molecule has 0 fully saturated rings.